The van der Waals surface area contributed by atoms with Gasteiger partial charge in [-0.2, -0.15) is 0 Å². The molecule has 0 saturated heterocycles. The number of ether oxygens (including phenoxy) is 1. The van der Waals surface area contributed by atoms with Gasteiger partial charge in [0.15, 0.2) is 0 Å². The van der Waals surface area contributed by atoms with Crippen molar-refractivity contribution in [2.75, 3.05) is 7.05 Å². The van der Waals surface area contributed by atoms with Crippen molar-refractivity contribution in [2.45, 2.75) is 45.3 Å². The number of amides is 1. The number of likely N-dealkylation sites (N-methyl/N-ethyl adjacent to an activating group) is 1. The fraction of sp³-hybridized carbons (Fsp3) is 0.471. The number of carbonyl (C=O) groups is 1. The largest absolute Gasteiger partial charge is 0.464 e. The van der Waals surface area contributed by atoms with Gasteiger partial charge >= 0.3 is 6.09 Å². The van der Waals surface area contributed by atoms with E-state index in [1.165, 1.54) is 11.1 Å². The summed E-state index contributed by atoms with van der Waals surface area (Å²) in [5.41, 5.74) is 3.01. The molecular formula is C17H21NO3. The van der Waals surface area contributed by atoms with E-state index in [2.05, 4.69) is 12.1 Å². The van der Waals surface area contributed by atoms with E-state index in [0.717, 1.165) is 23.8 Å². The number of hydrogen-bond donors (Lipinski definition) is 0. The van der Waals surface area contributed by atoms with Gasteiger partial charge in [-0.3, -0.25) is 0 Å². The lowest BCUT2D eigenvalue weighted by molar-refractivity contribution is 0.0229. The average Bonchev–Trinajstić information content (AvgIpc) is 2.97. The van der Waals surface area contributed by atoms with E-state index in [9.17, 15) is 4.79 Å². The molecule has 1 aromatic carbocycles. The first-order valence-electron chi connectivity index (χ1n) is 7.28. The van der Waals surface area contributed by atoms with Gasteiger partial charge in [0.05, 0.1) is 6.26 Å². The highest BCUT2D eigenvalue weighted by molar-refractivity contribution is 5.79. The van der Waals surface area contributed by atoms with E-state index in [4.69, 9.17) is 9.15 Å². The standard InChI is InChI=1S/C17H21NO3/c1-17(2,3)21-16(19)18(4)14-8-12-7-11-5-6-20-15(11)10-13(12)9-14/h5-7,10,14H,8-9H2,1-4H3. The molecular weight excluding hydrogens is 266 g/mol. The summed E-state index contributed by atoms with van der Waals surface area (Å²) in [7, 11) is 1.81. The van der Waals surface area contributed by atoms with Crippen molar-refractivity contribution in [2.24, 2.45) is 0 Å². The predicted molar refractivity (Wildman–Crippen MR) is 81.4 cm³/mol. The summed E-state index contributed by atoms with van der Waals surface area (Å²) >= 11 is 0. The van der Waals surface area contributed by atoms with Gasteiger partial charge in [0.1, 0.15) is 11.2 Å². The van der Waals surface area contributed by atoms with Crippen LogP contribution in [0.25, 0.3) is 11.0 Å². The van der Waals surface area contributed by atoms with Crippen molar-refractivity contribution in [3.05, 3.63) is 35.6 Å². The summed E-state index contributed by atoms with van der Waals surface area (Å²) in [5, 5.41) is 1.12. The molecule has 0 radical (unpaired) electrons. The molecule has 0 saturated carbocycles. The zero-order valence-corrected chi connectivity index (χ0v) is 13.0. The summed E-state index contributed by atoms with van der Waals surface area (Å²) in [6.45, 7) is 5.66. The molecule has 2 aromatic rings. The van der Waals surface area contributed by atoms with Crippen LogP contribution in [0.3, 0.4) is 0 Å². The summed E-state index contributed by atoms with van der Waals surface area (Å²) < 4.78 is 10.9. The molecule has 21 heavy (non-hydrogen) atoms. The van der Waals surface area contributed by atoms with Gasteiger partial charge in [-0.15, -0.1) is 0 Å². The number of hydrogen-bond acceptors (Lipinski definition) is 3. The smallest absolute Gasteiger partial charge is 0.410 e. The van der Waals surface area contributed by atoms with E-state index >= 15 is 0 Å². The van der Waals surface area contributed by atoms with Crippen LogP contribution in [0, 0.1) is 0 Å². The molecule has 0 N–H and O–H groups in total. The second-order valence-electron chi connectivity index (χ2n) is 6.73. The summed E-state index contributed by atoms with van der Waals surface area (Å²) in [5.74, 6) is 0. The molecule has 0 bridgehead atoms. The van der Waals surface area contributed by atoms with Crippen molar-refractivity contribution >= 4 is 17.1 Å². The topological polar surface area (TPSA) is 42.7 Å². The Morgan fingerprint density at radius 3 is 2.62 bits per heavy atom. The second kappa shape index (κ2) is 4.79. The zero-order chi connectivity index (χ0) is 15.2. The molecule has 1 atom stereocenters. The first-order valence-corrected chi connectivity index (χ1v) is 7.28. The predicted octanol–water partition coefficient (Wildman–Crippen LogP) is 3.77. The highest BCUT2D eigenvalue weighted by Crippen LogP contribution is 2.30. The van der Waals surface area contributed by atoms with Gasteiger partial charge in [-0.1, -0.05) is 0 Å². The van der Waals surface area contributed by atoms with Crippen LogP contribution in [0.1, 0.15) is 31.9 Å². The Morgan fingerprint density at radius 1 is 1.29 bits per heavy atom. The van der Waals surface area contributed by atoms with Crippen LogP contribution in [0.5, 0.6) is 0 Å². The molecule has 0 spiro atoms. The minimum Gasteiger partial charge on any atom is -0.464 e. The molecule has 0 fully saturated rings. The summed E-state index contributed by atoms with van der Waals surface area (Å²) in [6.07, 6.45) is 3.17. The van der Waals surface area contributed by atoms with Gasteiger partial charge in [0.25, 0.3) is 0 Å². The van der Waals surface area contributed by atoms with E-state index in [1.807, 2.05) is 33.9 Å². The lowest BCUT2D eigenvalue weighted by atomic mass is 10.1. The molecule has 1 aliphatic carbocycles. The molecule has 112 valence electrons. The molecule has 4 nitrogen and oxygen atoms in total. The maximum absolute atomic E-state index is 12.2. The summed E-state index contributed by atoms with van der Waals surface area (Å²) in [6, 6.07) is 6.38. The number of furan rings is 1. The lowest BCUT2D eigenvalue weighted by Gasteiger charge is -2.28. The van der Waals surface area contributed by atoms with Gasteiger partial charge < -0.3 is 14.1 Å². The Hall–Kier alpha value is -1.97. The second-order valence-corrected chi connectivity index (χ2v) is 6.73. The third-order valence-electron chi connectivity index (χ3n) is 3.91. The maximum atomic E-state index is 12.2. The first kappa shape index (κ1) is 14.0. The number of nitrogens with zero attached hydrogens (tertiary/aromatic N) is 1. The Kier molecular flexibility index (Phi) is 3.19. The minimum absolute atomic E-state index is 0.154. The monoisotopic (exact) mass is 287 g/mol. The SMILES string of the molecule is CN(C(=O)OC(C)(C)C)C1Cc2cc3ccoc3cc2C1. The van der Waals surface area contributed by atoms with Crippen molar-refractivity contribution in [3.8, 4) is 0 Å². The number of fused-ring (bicyclic) bond motifs is 2. The van der Waals surface area contributed by atoms with Gasteiger partial charge in [0, 0.05) is 18.5 Å². The van der Waals surface area contributed by atoms with Crippen LogP contribution in [0.4, 0.5) is 4.79 Å². The van der Waals surface area contributed by atoms with E-state index < -0.39 is 5.60 Å². The van der Waals surface area contributed by atoms with Gasteiger partial charge in [-0.25, -0.2) is 4.79 Å². The van der Waals surface area contributed by atoms with Crippen LogP contribution in [0.15, 0.2) is 28.9 Å². The molecule has 4 heteroatoms. The third kappa shape index (κ3) is 2.75. The van der Waals surface area contributed by atoms with Crippen molar-refractivity contribution < 1.29 is 13.9 Å². The highest BCUT2D eigenvalue weighted by atomic mass is 16.6. The minimum atomic E-state index is -0.462. The van der Waals surface area contributed by atoms with Crippen LogP contribution in [-0.4, -0.2) is 29.7 Å². The molecule has 1 amide bonds. The van der Waals surface area contributed by atoms with Gasteiger partial charge in [-0.05, 0) is 62.9 Å². The van der Waals surface area contributed by atoms with Crippen LogP contribution < -0.4 is 0 Å². The Balaban J connectivity index is 1.76. The van der Waals surface area contributed by atoms with E-state index in [1.54, 1.807) is 11.2 Å². The van der Waals surface area contributed by atoms with Crippen molar-refractivity contribution in [1.82, 2.24) is 4.90 Å². The molecule has 1 aromatic heterocycles. The Bertz CT molecular complexity index is 641. The normalized spacial score (nSPS) is 17.8. The molecule has 1 aliphatic rings. The fourth-order valence-corrected chi connectivity index (χ4v) is 2.82. The summed E-state index contributed by atoms with van der Waals surface area (Å²) in [4.78, 5) is 13.9. The van der Waals surface area contributed by atoms with E-state index in [-0.39, 0.29) is 12.1 Å². The first-order chi connectivity index (χ1) is 9.83. The fourth-order valence-electron chi connectivity index (χ4n) is 2.82. The molecule has 1 unspecified atom stereocenters. The molecule has 0 aliphatic heterocycles. The molecule has 3 rings (SSSR count). The lowest BCUT2D eigenvalue weighted by Crippen LogP contribution is -2.41. The average molecular weight is 287 g/mol. The Morgan fingerprint density at radius 2 is 1.95 bits per heavy atom. The number of rotatable bonds is 1. The van der Waals surface area contributed by atoms with E-state index in [0.29, 0.717) is 0 Å². The van der Waals surface area contributed by atoms with Crippen LogP contribution >= 0.6 is 0 Å². The van der Waals surface area contributed by atoms with Crippen LogP contribution in [-0.2, 0) is 17.6 Å². The number of benzene rings is 1. The van der Waals surface area contributed by atoms with Crippen molar-refractivity contribution in [1.29, 1.82) is 0 Å². The highest BCUT2D eigenvalue weighted by Gasteiger charge is 2.30. The quantitative estimate of drug-likeness (QED) is 0.802. The van der Waals surface area contributed by atoms with Crippen LogP contribution in [0.2, 0.25) is 0 Å². The maximum Gasteiger partial charge on any atom is 0.410 e. The third-order valence-corrected chi connectivity index (χ3v) is 3.91. The number of carbonyl (C=O) groups excluding carboxylic acids is 1. The zero-order valence-electron chi connectivity index (χ0n) is 13.0. The van der Waals surface area contributed by atoms with Crippen molar-refractivity contribution in [3.63, 3.8) is 0 Å². The van der Waals surface area contributed by atoms with Gasteiger partial charge in [0.2, 0.25) is 0 Å². The Labute approximate surface area is 124 Å². The molecule has 1 heterocycles.